The minimum absolute atomic E-state index is 0.921. The molecule has 0 unspecified atom stereocenters. The van der Waals surface area contributed by atoms with Gasteiger partial charge in [-0.1, -0.05) is 78.9 Å². The van der Waals surface area contributed by atoms with Crippen molar-refractivity contribution >= 4 is 48.8 Å². The van der Waals surface area contributed by atoms with Gasteiger partial charge < -0.3 is 5.73 Å². The Kier molecular flexibility index (Phi) is 3.58. The van der Waals surface area contributed by atoms with E-state index in [-0.39, 0.29) is 0 Å². The van der Waals surface area contributed by atoms with Gasteiger partial charge in [0, 0.05) is 11.1 Å². The van der Waals surface area contributed by atoms with Crippen LogP contribution >= 0.6 is 0 Å². The molecule has 0 fully saturated rings. The highest BCUT2D eigenvalue weighted by atomic mass is 14.6. The highest BCUT2D eigenvalue weighted by molar-refractivity contribution is 6.35. The average Bonchev–Trinajstić information content (AvgIpc) is 3.44. The van der Waals surface area contributed by atoms with E-state index in [0.717, 1.165) is 5.69 Å². The van der Waals surface area contributed by atoms with E-state index in [0.29, 0.717) is 0 Å². The predicted molar refractivity (Wildman–Crippen MR) is 131 cm³/mol. The van der Waals surface area contributed by atoms with Gasteiger partial charge in [-0.25, -0.2) is 0 Å². The second-order valence-corrected chi connectivity index (χ2v) is 8.47. The molecule has 0 spiro atoms. The van der Waals surface area contributed by atoms with Crippen molar-refractivity contribution in [1.29, 1.82) is 0 Å². The zero-order chi connectivity index (χ0) is 20.4. The molecule has 5 aromatic rings. The summed E-state index contributed by atoms with van der Waals surface area (Å²) in [6.07, 6.45) is 9.90. The van der Waals surface area contributed by atoms with Crippen LogP contribution < -0.4 is 5.73 Å². The van der Waals surface area contributed by atoms with Gasteiger partial charge in [0.05, 0.1) is 0 Å². The molecule has 0 radical (unpaired) electrons. The van der Waals surface area contributed by atoms with E-state index < -0.39 is 0 Å². The fourth-order valence-electron chi connectivity index (χ4n) is 5.15. The van der Waals surface area contributed by atoms with Crippen LogP contribution in [0.3, 0.4) is 0 Å². The second-order valence-electron chi connectivity index (χ2n) is 8.47. The second kappa shape index (κ2) is 6.21. The van der Waals surface area contributed by atoms with Crippen molar-refractivity contribution in [3.63, 3.8) is 0 Å². The Balaban J connectivity index is 0.000000210. The number of nitrogens with two attached hydrogens (primary N) is 1. The summed E-state index contributed by atoms with van der Waals surface area (Å²) in [7, 11) is 0. The summed E-state index contributed by atoms with van der Waals surface area (Å²) >= 11 is 0. The molecule has 0 heterocycles. The number of aryl methyl sites for hydroxylation is 1. The number of rotatable bonds is 0. The summed E-state index contributed by atoms with van der Waals surface area (Å²) in [6, 6.07) is 19.7. The molecule has 2 N–H and O–H groups in total. The maximum atomic E-state index is 6.60. The Morgan fingerprint density at radius 2 is 1.17 bits per heavy atom. The van der Waals surface area contributed by atoms with Gasteiger partial charge in [0.25, 0.3) is 0 Å². The lowest BCUT2D eigenvalue weighted by Crippen LogP contribution is -1.98. The Bertz CT molecular complexity index is 1550. The van der Waals surface area contributed by atoms with Crippen LogP contribution in [0.1, 0.15) is 17.5 Å². The summed E-state index contributed by atoms with van der Waals surface area (Å²) in [5, 5.41) is 10.3. The van der Waals surface area contributed by atoms with Gasteiger partial charge in [-0.3, -0.25) is 0 Å². The van der Waals surface area contributed by atoms with Gasteiger partial charge in [-0.05, 0) is 80.2 Å². The number of benzene rings is 5. The zero-order valence-corrected chi connectivity index (χ0v) is 17.3. The number of nitrogen functional groups attached to an aromatic ring is 1. The van der Waals surface area contributed by atoms with Crippen molar-refractivity contribution in [1.82, 2.24) is 0 Å². The number of hydrogen-bond acceptors (Lipinski definition) is 1. The van der Waals surface area contributed by atoms with E-state index in [1.165, 1.54) is 71.8 Å². The van der Waals surface area contributed by atoms with Gasteiger partial charge >= 0.3 is 0 Å². The third-order valence-electron chi connectivity index (χ3n) is 6.85. The Morgan fingerprint density at radius 1 is 0.600 bits per heavy atom. The highest BCUT2D eigenvalue weighted by Gasteiger charge is 2.17. The van der Waals surface area contributed by atoms with Gasteiger partial charge in [-0.15, -0.1) is 0 Å². The molecule has 2 aliphatic rings. The Labute approximate surface area is 176 Å². The van der Waals surface area contributed by atoms with Crippen LogP contribution in [0.2, 0.25) is 0 Å². The van der Waals surface area contributed by atoms with Crippen LogP contribution in [0.4, 0.5) is 5.69 Å². The molecule has 0 atom stereocenters. The summed E-state index contributed by atoms with van der Waals surface area (Å²) < 4.78 is 0. The number of hydrogen-bond donors (Lipinski definition) is 1. The van der Waals surface area contributed by atoms with E-state index in [9.17, 15) is 0 Å². The molecule has 7 rings (SSSR count). The minimum atomic E-state index is 0.921. The molecule has 0 aliphatic heterocycles. The topological polar surface area (TPSA) is 26.0 Å². The predicted octanol–water partition coefficient (Wildman–Crippen LogP) is 7.75. The van der Waals surface area contributed by atoms with E-state index in [1.807, 2.05) is 0 Å². The Hall–Kier alpha value is -3.58. The van der Waals surface area contributed by atoms with Crippen molar-refractivity contribution in [2.75, 3.05) is 5.73 Å². The monoisotopic (exact) mass is 385 g/mol. The first-order chi connectivity index (χ1) is 14.6. The first-order valence-corrected chi connectivity index (χ1v) is 10.5. The average molecular weight is 386 g/mol. The lowest BCUT2D eigenvalue weighted by Gasteiger charge is -2.19. The summed E-state index contributed by atoms with van der Waals surface area (Å²) in [6.45, 7) is 4.31. The van der Waals surface area contributed by atoms with Gasteiger partial charge in [0.15, 0.2) is 0 Å². The lowest BCUT2D eigenvalue weighted by molar-refractivity contribution is 1.32. The first-order valence-electron chi connectivity index (χ1n) is 10.5. The molecule has 0 saturated carbocycles. The summed E-state index contributed by atoms with van der Waals surface area (Å²) in [4.78, 5) is 0. The largest absolute Gasteiger partial charge is 0.398 e. The number of allylic oxidation sites excluding steroid dienone is 6. The lowest BCUT2D eigenvalue weighted by atomic mass is 9.86. The molecule has 0 aromatic heterocycles. The fourth-order valence-corrected chi connectivity index (χ4v) is 5.15. The smallest absolute Gasteiger partial charge is 0.0433 e. The normalized spacial score (nSPS) is 14.6. The maximum Gasteiger partial charge on any atom is 0.0433 e. The van der Waals surface area contributed by atoms with Crippen molar-refractivity contribution in [2.45, 2.75) is 20.3 Å². The van der Waals surface area contributed by atoms with Crippen LogP contribution in [0.25, 0.3) is 43.1 Å². The molecular formula is C29H23N. The van der Waals surface area contributed by atoms with E-state index >= 15 is 0 Å². The van der Waals surface area contributed by atoms with Crippen LogP contribution in [-0.4, -0.2) is 0 Å². The van der Waals surface area contributed by atoms with Crippen molar-refractivity contribution in [2.24, 2.45) is 0 Å². The molecule has 0 saturated heterocycles. The maximum absolute atomic E-state index is 6.60. The molecule has 1 heteroatoms. The molecule has 30 heavy (non-hydrogen) atoms. The van der Waals surface area contributed by atoms with Crippen molar-refractivity contribution in [3.05, 3.63) is 101 Å². The fraction of sp³-hybridized carbons (Fsp3) is 0.103. The molecule has 5 aromatic carbocycles. The van der Waals surface area contributed by atoms with Gasteiger partial charge in [0.2, 0.25) is 0 Å². The standard InChI is InChI=1S/C22H17N.C7H6/c1-12-13(2)22(23)21-18-11-4-7-14-6-3-9-16(19(14)18)17-10-5-8-15(12)20(17)21;1-2-7-4-3-6(1)5-7/h3-11H,23H2,1-2H3;1-4H,5H2. The van der Waals surface area contributed by atoms with Crippen molar-refractivity contribution < 1.29 is 0 Å². The van der Waals surface area contributed by atoms with Gasteiger partial charge in [0.1, 0.15) is 0 Å². The molecule has 1 nitrogen and oxygen atoms in total. The molecule has 2 bridgehead atoms. The van der Waals surface area contributed by atoms with Crippen molar-refractivity contribution in [3.8, 4) is 0 Å². The molecular weight excluding hydrogens is 362 g/mol. The van der Waals surface area contributed by atoms with E-state index in [2.05, 4.69) is 92.7 Å². The van der Waals surface area contributed by atoms with Gasteiger partial charge in [-0.2, -0.15) is 0 Å². The van der Waals surface area contributed by atoms with Crippen LogP contribution in [0.15, 0.2) is 90.0 Å². The summed E-state index contributed by atoms with van der Waals surface area (Å²) in [5.41, 5.74) is 12.9. The highest BCUT2D eigenvalue weighted by Crippen LogP contribution is 2.44. The van der Waals surface area contributed by atoms with Crippen LogP contribution in [0, 0.1) is 13.8 Å². The Morgan fingerprint density at radius 3 is 1.77 bits per heavy atom. The quantitative estimate of drug-likeness (QED) is 0.165. The van der Waals surface area contributed by atoms with Crippen LogP contribution in [-0.2, 0) is 0 Å². The zero-order valence-electron chi connectivity index (χ0n) is 17.3. The molecule has 144 valence electrons. The van der Waals surface area contributed by atoms with Crippen LogP contribution in [0.5, 0.6) is 0 Å². The van der Waals surface area contributed by atoms with E-state index in [1.54, 1.807) is 0 Å². The number of fused-ring (bicyclic) bond motifs is 4. The third kappa shape index (κ3) is 2.29. The number of anilines is 1. The molecule has 0 amide bonds. The first kappa shape index (κ1) is 17.3. The van der Waals surface area contributed by atoms with E-state index in [4.69, 9.17) is 5.73 Å². The third-order valence-corrected chi connectivity index (χ3v) is 6.85. The minimum Gasteiger partial charge on any atom is -0.398 e. The summed E-state index contributed by atoms with van der Waals surface area (Å²) in [5.74, 6) is 0. The SMILES string of the molecule is C1=CC2=CC=C1C2.Cc1c(C)c2cccc3c4cccc5cccc(c(c1N)c23)c54. The molecule has 2 aliphatic carbocycles.